The number of hydrogen-bond donors (Lipinski definition) is 0. The van der Waals surface area contributed by atoms with Crippen LogP contribution >= 0.6 is 0 Å². The second-order valence-electron chi connectivity index (χ2n) is 2.65. The van der Waals surface area contributed by atoms with Crippen molar-refractivity contribution in [2.24, 2.45) is 0 Å². The van der Waals surface area contributed by atoms with Gasteiger partial charge in [0.2, 0.25) is 0 Å². The van der Waals surface area contributed by atoms with E-state index in [9.17, 15) is 4.79 Å². The van der Waals surface area contributed by atoms with Gasteiger partial charge in [0, 0.05) is 13.0 Å². The minimum atomic E-state index is 0.571. The van der Waals surface area contributed by atoms with Gasteiger partial charge in [-0.25, -0.2) is 0 Å². The van der Waals surface area contributed by atoms with Gasteiger partial charge in [0.1, 0.15) is 0 Å². The van der Waals surface area contributed by atoms with E-state index in [-0.39, 0.29) is 0 Å². The van der Waals surface area contributed by atoms with Crippen LogP contribution in [0.25, 0.3) is 0 Å². The van der Waals surface area contributed by atoms with E-state index in [1.807, 2.05) is 19.4 Å². The van der Waals surface area contributed by atoms with E-state index in [1.165, 1.54) is 0 Å². The smallest absolute Gasteiger partial charge is 0.198 e. The summed E-state index contributed by atoms with van der Waals surface area (Å²) in [6, 6.07) is 0. The first kappa shape index (κ1) is 10.4. The lowest BCUT2D eigenvalue weighted by Crippen LogP contribution is -2.19. The van der Waals surface area contributed by atoms with Gasteiger partial charge in [0.15, 0.2) is 6.29 Å². The van der Waals surface area contributed by atoms with E-state index in [4.69, 9.17) is 0 Å². The van der Waals surface area contributed by atoms with E-state index in [2.05, 4.69) is 11.5 Å². The Morgan fingerprint density at radius 3 is 2.82 bits per heavy atom. The molecule has 2 heteroatoms. The quantitative estimate of drug-likeness (QED) is 0.408. The van der Waals surface area contributed by atoms with Crippen LogP contribution < -0.4 is 0 Å². The first-order chi connectivity index (χ1) is 5.31. The topological polar surface area (TPSA) is 20.3 Å². The van der Waals surface area contributed by atoms with Crippen molar-refractivity contribution in [3.05, 3.63) is 12.7 Å². The fourth-order valence-corrected chi connectivity index (χ4v) is 0.891. The molecule has 0 spiro atoms. The first-order valence-electron chi connectivity index (χ1n) is 3.95. The molecule has 0 bridgehead atoms. The average Bonchev–Trinajstić information content (AvgIpc) is 1.99. The van der Waals surface area contributed by atoms with Crippen molar-refractivity contribution >= 4 is 6.29 Å². The monoisotopic (exact) mass is 154 g/mol. The Kier molecular flexibility index (Phi) is 7.05. The maximum Gasteiger partial charge on any atom is 0.198 e. The molecule has 0 saturated heterocycles. The summed E-state index contributed by atoms with van der Waals surface area (Å²) >= 11 is 0. The molecular weight excluding hydrogens is 138 g/mol. The summed E-state index contributed by atoms with van der Waals surface area (Å²) in [7, 11) is 2.05. The normalized spacial score (nSPS) is 10.0. The number of nitrogens with zero attached hydrogens (tertiary/aromatic N) is 1. The fraction of sp³-hybridized carbons (Fsp3) is 0.667. The van der Waals surface area contributed by atoms with Crippen LogP contribution in [0.5, 0.6) is 0 Å². The molecule has 0 aliphatic rings. The van der Waals surface area contributed by atoms with Crippen LogP contribution in [0.2, 0.25) is 0 Å². The summed E-state index contributed by atoms with van der Waals surface area (Å²) < 4.78 is 0. The molecule has 0 rings (SSSR count). The third-order valence-electron chi connectivity index (χ3n) is 1.51. The van der Waals surface area contributed by atoms with Gasteiger partial charge in [-0.1, -0.05) is 6.08 Å². The number of rotatable bonds is 7. The molecule has 0 aliphatic carbocycles. The van der Waals surface area contributed by atoms with Gasteiger partial charge < -0.3 is 4.90 Å². The lowest BCUT2D eigenvalue weighted by Gasteiger charge is -2.12. The Balaban J connectivity index is 3.09. The maximum absolute atomic E-state index is 9.82. The highest BCUT2D eigenvalue weighted by Crippen LogP contribution is 1.94. The summed E-state index contributed by atoms with van der Waals surface area (Å²) in [4.78, 5) is 12.0. The highest BCUT2D eigenvalue weighted by Gasteiger charge is 1.93. The third kappa shape index (κ3) is 7.26. The van der Waals surface area contributed by atoms with Gasteiger partial charge in [0.25, 0.3) is 0 Å². The molecule has 0 atom stereocenters. The van der Waals surface area contributed by atoms with Crippen molar-refractivity contribution < 1.29 is 4.79 Å². The Bertz CT molecular complexity index is 112. The van der Waals surface area contributed by atoms with Gasteiger partial charge >= 0.3 is 0 Å². The predicted molar refractivity (Wildman–Crippen MR) is 47.2 cm³/mol. The van der Waals surface area contributed by atoms with Gasteiger partial charge in [-0.2, -0.15) is 0 Å². The van der Waals surface area contributed by atoms with Crippen molar-refractivity contribution in [2.75, 3.05) is 20.1 Å². The molecule has 1 radical (unpaired) electrons. The summed E-state index contributed by atoms with van der Waals surface area (Å²) in [6.07, 6.45) is 6.36. The van der Waals surface area contributed by atoms with E-state index in [1.54, 1.807) is 0 Å². The van der Waals surface area contributed by atoms with Crippen LogP contribution in [0, 0.1) is 0 Å². The van der Waals surface area contributed by atoms with E-state index >= 15 is 0 Å². The molecular formula is C9H16NO. The molecule has 0 amide bonds. The van der Waals surface area contributed by atoms with Crippen LogP contribution in [0.4, 0.5) is 0 Å². The number of likely N-dealkylation sites (N-methyl/N-ethyl adjacent to an activating group) is 1. The maximum atomic E-state index is 9.82. The molecule has 0 heterocycles. The SMILES string of the molecule is C=CCN(C)CCCC[C]=O. The minimum Gasteiger partial charge on any atom is -0.303 e. The molecule has 0 unspecified atom stereocenters. The summed E-state index contributed by atoms with van der Waals surface area (Å²) in [5, 5.41) is 0. The summed E-state index contributed by atoms with van der Waals surface area (Å²) in [5.41, 5.74) is 0. The zero-order chi connectivity index (χ0) is 8.53. The first-order valence-corrected chi connectivity index (χ1v) is 3.95. The zero-order valence-corrected chi connectivity index (χ0v) is 7.18. The van der Waals surface area contributed by atoms with Gasteiger partial charge in [-0.15, -0.1) is 6.58 Å². The van der Waals surface area contributed by atoms with Crippen molar-refractivity contribution in [1.82, 2.24) is 4.90 Å². The molecule has 0 aromatic heterocycles. The molecule has 0 N–H and O–H groups in total. The number of hydrogen-bond acceptors (Lipinski definition) is 2. The van der Waals surface area contributed by atoms with Crippen molar-refractivity contribution in [3.8, 4) is 0 Å². The largest absolute Gasteiger partial charge is 0.303 e. The highest BCUT2D eigenvalue weighted by atomic mass is 16.1. The molecule has 0 aliphatic heterocycles. The number of unbranched alkanes of at least 4 members (excludes halogenated alkanes) is 2. The second-order valence-corrected chi connectivity index (χ2v) is 2.65. The van der Waals surface area contributed by atoms with Gasteiger partial charge in [-0.3, -0.25) is 4.79 Å². The average molecular weight is 154 g/mol. The van der Waals surface area contributed by atoms with Gasteiger partial charge in [-0.05, 0) is 26.4 Å². The second kappa shape index (κ2) is 7.48. The van der Waals surface area contributed by atoms with Crippen LogP contribution in [0.3, 0.4) is 0 Å². The van der Waals surface area contributed by atoms with E-state index < -0.39 is 0 Å². The Hall–Kier alpha value is -0.630. The molecule has 0 fully saturated rings. The van der Waals surface area contributed by atoms with Crippen molar-refractivity contribution in [1.29, 1.82) is 0 Å². The fourth-order valence-electron chi connectivity index (χ4n) is 0.891. The predicted octanol–water partition coefficient (Wildman–Crippen LogP) is 1.38. The minimum absolute atomic E-state index is 0.571. The molecule has 63 valence electrons. The summed E-state index contributed by atoms with van der Waals surface area (Å²) in [5.74, 6) is 0. The number of carbonyl (C=O) groups excluding carboxylic acids is 1. The Morgan fingerprint density at radius 1 is 1.55 bits per heavy atom. The lowest BCUT2D eigenvalue weighted by atomic mass is 10.2. The van der Waals surface area contributed by atoms with Crippen LogP contribution in [-0.4, -0.2) is 31.3 Å². The van der Waals surface area contributed by atoms with Crippen molar-refractivity contribution in [3.63, 3.8) is 0 Å². The van der Waals surface area contributed by atoms with Gasteiger partial charge in [0.05, 0.1) is 0 Å². The van der Waals surface area contributed by atoms with Crippen LogP contribution in [0.1, 0.15) is 19.3 Å². The van der Waals surface area contributed by atoms with Crippen LogP contribution in [0.15, 0.2) is 12.7 Å². The molecule has 11 heavy (non-hydrogen) atoms. The van der Waals surface area contributed by atoms with Crippen molar-refractivity contribution in [2.45, 2.75) is 19.3 Å². The zero-order valence-electron chi connectivity index (χ0n) is 7.18. The van der Waals surface area contributed by atoms with E-state index in [0.717, 1.165) is 25.9 Å². The molecule has 0 aromatic rings. The lowest BCUT2D eigenvalue weighted by molar-refractivity contribution is 0.360. The Morgan fingerprint density at radius 2 is 2.27 bits per heavy atom. The highest BCUT2D eigenvalue weighted by molar-refractivity contribution is 5.50. The third-order valence-corrected chi connectivity index (χ3v) is 1.51. The summed E-state index contributed by atoms with van der Waals surface area (Å²) in [6.45, 7) is 5.60. The van der Waals surface area contributed by atoms with Crippen LogP contribution in [-0.2, 0) is 4.79 Å². The Labute approximate surface area is 68.9 Å². The standard InChI is InChI=1S/C9H16NO/c1-3-7-10(2)8-5-4-6-9-11/h3H,1,4-8H2,2H3. The van der Waals surface area contributed by atoms with E-state index in [0.29, 0.717) is 6.42 Å². The molecule has 0 saturated carbocycles. The molecule has 0 aromatic carbocycles. The molecule has 2 nitrogen and oxygen atoms in total.